The van der Waals surface area contributed by atoms with Crippen LogP contribution in [0.5, 0.6) is 0 Å². The molecule has 0 saturated heterocycles. The van der Waals surface area contributed by atoms with E-state index >= 15 is 0 Å². The Morgan fingerprint density at radius 3 is 2.12 bits per heavy atom. The maximum Gasteiger partial charge on any atom is 0.175 e. The number of nitriles is 2. The lowest BCUT2D eigenvalue weighted by Crippen LogP contribution is -2.62. The van der Waals surface area contributed by atoms with Crippen molar-refractivity contribution in [2.24, 2.45) is 33.4 Å². The van der Waals surface area contributed by atoms with Crippen LogP contribution >= 0.6 is 23.5 Å². The van der Waals surface area contributed by atoms with Gasteiger partial charge in [-0.3, -0.25) is 0 Å². The zero-order valence-corrected chi connectivity index (χ0v) is 17.3. The average molecular weight is 389 g/mol. The van der Waals surface area contributed by atoms with Crippen LogP contribution in [0.25, 0.3) is 0 Å². The molecule has 4 rings (SSSR count). The van der Waals surface area contributed by atoms with Gasteiger partial charge >= 0.3 is 0 Å². The molecular formula is C20H28N4S2. The molecule has 0 amide bonds. The lowest BCUT2D eigenvalue weighted by atomic mass is 9.46. The molecule has 1 fully saturated rings. The van der Waals surface area contributed by atoms with Crippen molar-refractivity contribution in [1.82, 2.24) is 0 Å². The molecule has 1 saturated carbocycles. The predicted octanol–water partition coefficient (Wildman–Crippen LogP) is 4.69. The minimum absolute atomic E-state index is 0.00123. The first-order chi connectivity index (χ1) is 12.6. The maximum absolute atomic E-state index is 10.5. The first kappa shape index (κ1) is 19.6. The summed E-state index contributed by atoms with van der Waals surface area (Å²) in [5, 5.41) is 20.8. The number of amidine groups is 1. The van der Waals surface area contributed by atoms with E-state index in [1.807, 2.05) is 0 Å². The molecule has 0 radical (unpaired) electrons. The topological polar surface area (TPSA) is 86.0 Å². The van der Waals surface area contributed by atoms with Gasteiger partial charge in [-0.2, -0.15) is 10.5 Å². The third-order valence-electron chi connectivity index (χ3n) is 6.21. The highest BCUT2D eigenvalue weighted by Gasteiger charge is 2.78. The highest BCUT2D eigenvalue weighted by molar-refractivity contribution is 8.18. The lowest BCUT2D eigenvalue weighted by Gasteiger charge is -2.56. The molecule has 6 heteroatoms. The van der Waals surface area contributed by atoms with Crippen molar-refractivity contribution in [2.45, 2.75) is 56.6 Å². The van der Waals surface area contributed by atoms with E-state index in [1.165, 1.54) is 0 Å². The fourth-order valence-electron chi connectivity index (χ4n) is 4.85. The fraction of sp³-hybridized carbons (Fsp3) is 0.750. The largest absolute Gasteiger partial charge is 0.386 e. The summed E-state index contributed by atoms with van der Waals surface area (Å²) in [4.78, 5) is 4.97. The van der Waals surface area contributed by atoms with Crippen LogP contribution in [-0.2, 0) is 0 Å². The van der Waals surface area contributed by atoms with Gasteiger partial charge in [0.1, 0.15) is 16.7 Å². The molecule has 2 N–H and O–H groups in total. The Balaban J connectivity index is 2.13. The van der Waals surface area contributed by atoms with Crippen molar-refractivity contribution in [1.29, 1.82) is 10.5 Å². The zero-order valence-electron chi connectivity index (χ0n) is 15.7. The van der Waals surface area contributed by atoms with Gasteiger partial charge in [0.05, 0.1) is 12.1 Å². The van der Waals surface area contributed by atoms with Gasteiger partial charge in [-0.25, -0.2) is 4.99 Å². The second kappa shape index (κ2) is 7.49. The Hall–Kier alpha value is -1.11. The molecule has 140 valence electrons. The molecule has 0 aromatic rings. The summed E-state index contributed by atoms with van der Waals surface area (Å²) >= 11 is 3.52. The number of thioether (sulfide) groups is 2. The number of aliphatic imine (C=N–C) groups is 1. The van der Waals surface area contributed by atoms with E-state index in [0.717, 1.165) is 50.0 Å². The fourth-order valence-corrected chi connectivity index (χ4v) is 8.60. The van der Waals surface area contributed by atoms with Crippen molar-refractivity contribution < 1.29 is 0 Å². The number of fused-ring (bicyclic) bond motifs is 1. The average Bonchev–Trinajstić information content (AvgIpc) is 2.91. The number of rotatable bonds is 8. The molecule has 1 heterocycles. The van der Waals surface area contributed by atoms with E-state index in [4.69, 9.17) is 10.7 Å². The minimum Gasteiger partial charge on any atom is -0.386 e. The van der Waals surface area contributed by atoms with E-state index in [-0.39, 0.29) is 11.8 Å². The molecule has 4 atom stereocenters. The summed E-state index contributed by atoms with van der Waals surface area (Å²) in [6.45, 7) is 4.35. The van der Waals surface area contributed by atoms with E-state index in [1.54, 1.807) is 23.5 Å². The number of hydrogen-bond donors (Lipinski definition) is 1. The van der Waals surface area contributed by atoms with Crippen molar-refractivity contribution in [2.75, 3.05) is 11.5 Å². The van der Waals surface area contributed by atoms with Gasteiger partial charge in [-0.05, 0) is 37.2 Å². The third-order valence-corrected chi connectivity index (χ3v) is 9.51. The number of hydrogen-bond acceptors (Lipinski definition) is 6. The summed E-state index contributed by atoms with van der Waals surface area (Å²) in [5.74, 6) is 2.33. The van der Waals surface area contributed by atoms with Gasteiger partial charge in [-0.1, -0.05) is 38.8 Å². The quantitative estimate of drug-likeness (QED) is 0.370. The van der Waals surface area contributed by atoms with Gasteiger partial charge < -0.3 is 5.73 Å². The van der Waals surface area contributed by atoms with Crippen LogP contribution in [-0.4, -0.2) is 21.5 Å². The molecule has 0 aromatic carbocycles. The van der Waals surface area contributed by atoms with Gasteiger partial charge in [0.15, 0.2) is 4.20 Å². The van der Waals surface area contributed by atoms with Crippen LogP contribution in [0, 0.1) is 45.3 Å². The van der Waals surface area contributed by atoms with Crippen LogP contribution in [0.4, 0.5) is 0 Å². The predicted molar refractivity (Wildman–Crippen MR) is 111 cm³/mol. The van der Waals surface area contributed by atoms with Crippen molar-refractivity contribution in [3.8, 4) is 12.1 Å². The molecule has 26 heavy (non-hydrogen) atoms. The van der Waals surface area contributed by atoms with Gasteiger partial charge in [-0.15, -0.1) is 23.5 Å². The second-order valence-electron chi connectivity index (χ2n) is 7.50. The van der Waals surface area contributed by atoms with E-state index in [0.29, 0.717) is 5.84 Å². The Morgan fingerprint density at radius 1 is 1.08 bits per heavy atom. The summed E-state index contributed by atoms with van der Waals surface area (Å²) in [5.41, 5.74) is 4.64. The third kappa shape index (κ3) is 2.38. The van der Waals surface area contributed by atoms with E-state index < -0.39 is 15.0 Å². The SMILES string of the molecule is CCCCSC1(SCCCC)N=C(N)[C@]2(C#N)[C@H]3C=C[C@@H](CC3)[C@@]12C#N. The van der Waals surface area contributed by atoms with E-state index in [9.17, 15) is 10.5 Å². The highest BCUT2D eigenvalue weighted by Crippen LogP contribution is 2.73. The van der Waals surface area contributed by atoms with Crippen molar-refractivity contribution in [3.05, 3.63) is 12.2 Å². The summed E-state index contributed by atoms with van der Waals surface area (Å²) in [6, 6.07) is 5.20. The molecule has 4 nitrogen and oxygen atoms in total. The van der Waals surface area contributed by atoms with Crippen LogP contribution in [0.3, 0.4) is 0 Å². The number of nitrogens with two attached hydrogens (primary N) is 1. The Morgan fingerprint density at radius 2 is 1.65 bits per heavy atom. The molecule has 0 aromatic heterocycles. The molecule has 2 bridgehead atoms. The lowest BCUT2D eigenvalue weighted by molar-refractivity contribution is 0.0566. The number of nitrogens with zero attached hydrogens (tertiary/aromatic N) is 3. The Labute approximate surface area is 165 Å². The molecule has 3 aliphatic carbocycles. The van der Waals surface area contributed by atoms with Gasteiger partial charge in [0.2, 0.25) is 0 Å². The first-order valence-corrected chi connectivity index (χ1v) is 11.7. The first-order valence-electron chi connectivity index (χ1n) is 9.73. The molecular weight excluding hydrogens is 360 g/mol. The van der Waals surface area contributed by atoms with Crippen molar-refractivity contribution >= 4 is 29.4 Å². The molecule has 4 aliphatic rings. The number of allylic oxidation sites excluding steroid dienone is 2. The highest BCUT2D eigenvalue weighted by atomic mass is 32.2. The minimum atomic E-state index is -0.974. The normalized spacial score (nSPS) is 36.2. The molecule has 0 spiro atoms. The molecule has 1 aliphatic heterocycles. The summed E-state index contributed by atoms with van der Waals surface area (Å²) < 4.78 is -0.667. The Kier molecular flexibility index (Phi) is 5.66. The standard InChI is InChI=1S/C20H28N4S2/c1-3-5-11-25-20(26-12-6-4-2)19(14-22)16-9-7-15(8-10-16)18(19,13-21)17(23)24-20/h7,9,15-16H,3-6,8,10-12H2,1-2H3,(H2,23,24)/t15-,16-,18-,19+/m0/s1. The molecule has 0 unspecified atom stereocenters. The van der Waals surface area contributed by atoms with Crippen LogP contribution < -0.4 is 5.73 Å². The van der Waals surface area contributed by atoms with Crippen LogP contribution in [0.1, 0.15) is 52.4 Å². The van der Waals surface area contributed by atoms with Crippen LogP contribution in [0.2, 0.25) is 0 Å². The van der Waals surface area contributed by atoms with Gasteiger partial charge in [0, 0.05) is 11.8 Å². The zero-order chi connectivity index (χ0) is 18.8. The smallest absolute Gasteiger partial charge is 0.175 e. The summed E-state index contributed by atoms with van der Waals surface area (Å²) in [7, 11) is 0. The van der Waals surface area contributed by atoms with Crippen molar-refractivity contribution in [3.63, 3.8) is 0 Å². The number of unbranched alkanes of at least 4 members (excludes halogenated alkanes) is 2. The maximum atomic E-state index is 10.5. The Bertz CT molecular complexity index is 679. The monoisotopic (exact) mass is 388 g/mol. The van der Waals surface area contributed by atoms with Crippen LogP contribution in [0.15, 0.2) is 17.1 Å². The van der Waals surface area contributed by atoms with Gasteiger partial charge in [0.25, 0.3) is 0 Å². The second-order valence-corrected chi connectivity index (χ2v) is 10.3. The van der Waals surface area contributed by atoms with E-state index in [2.05, 4.69) is 38.1 Å². The summed E-state index contributed by atoms with van der Waals surface area (Å²) in [6.07, 6.45) is 10.6.